The summed E-state index contributed by atoms with van der Waals surface area (Å²) in [5.74, 6) is 3.18. The lowest BCUT2D eigenvalue weighted by atomic mass is 9.92. The van der Waals surface area contributed by atoms with Gasteiger partial charge >= 0.3 is 0 Å². The second kappa shape index (κ2) is 5.84. The van der Waals surface area contributed by atoms with Crippen LogP contribution in [-0.4, -0.2) is 45.5 Å². The Morgan fingerprint density at radius 2 is 2.25 bits per heavy atom. The van der Waals surface area contributed by atoms with E-state index in [2.05, 4.69) is 4.98 Å². The summed E-state index contributed by atoms with van der Waals surface area (Å²) in [5.41, 5.74) is 0.687. The Balaban J connectivity index is 1.35. The number of aryl methyl sites for hydroxylation is 2. The minimum atomic E-state index is 0.0738. The number of aromatic nitrogens is 1. The number of ether oxygens (including phenoxy) is 1. The minimum absolute atomic E-state index is 0.0738. The van der Waals surface area contributed by atoms with E-state index in [1.165, 1.54) is 0 Å². The van der Waals surface area contributed by atoms with Gasteiger partial charge < -0.3 is 14.1 Å². The van der Waals surface area contributed by atoms with Crippen LogP contribution in [0.2, 0.25) is 0 Å². The number of likely N-dealkylation sites (tertiary alicyclic amines) is 1. The number of thioether (sulfide) groups is 1. The van der Waals surface area contributed by atoms with Gasteiger partial charge in [-0.3, -0.25) is 4.79 Å². The SMILES string of the molecule is Cc1cc(C(=O)N2CC3(C[C@@H](Oc4ccccn4)CS3)C2)c(C)o1. The fourth-order valence-electron chi connectivity index (χ4n) is 3.49. The molecule has 1 spiro atoms. The van der Waals surface area contributed by atoms with Crippen LogP contribution in [0.4, 0.5) is 0 Å². The predicted octanol–water partition coefficient (Wildman–Crippen LogP) is 3.07. The zero-order valence-electron chi connectivity index (χ0n) is 13.8. The first-order valence-corrected chi connectivity index (χ1v) is 9.11. The molecular weight excluding hydrogens is 324 g/mol. The molecule has 126 valence electrons. The maximum Gasteiger partial charge on any atom is 0.257 e. The van der Waals surface area contributed by atoms with E-state index in [0.29, 0.717) is 17.2 Å². The zero-order chi connectivity index (χ0) is 16.7. The summed E-state index contributed by atoms with van der Waals surface area (Å²) in [7, 11) is 0. The van der Waals surface area contributed by atoms with Crippen molar-refractivity contribution in [3.05, 3.63) is 47.5 Å². The van der Waals surface area contributed by atoms with E-state index in [1.54, 1.807) is 6.20 Å². The van der Waals surface area contributed by atoms with Crippen molar-refractivity contribution in [1.29, 1.82) is 0 Å². The number of hydrogen-bond donors (Lipinski definition) is 0. The highest BCUT2D eigenvalue weighted by atomic mass is 32.2. The largest absolute Gasteiger partial charge is 0.473 e. The molecule has 2 aliphatic heterocycles. The third-order valence-corrected chi connectivity index (χ3v) is 6.19. The molecule has 0 aromatic carbocycles. The molecule has 1 atom stereocenters. The van der Waals surface area contributed by atoms with Gasteiger partial charge in [0.25, 0.3) is 5.91 Å². The lowest BCUT2D eigenvalue weighted by Crippen LogP contribution is -2.60. The molecule has 0 bridgehead atoms. The smallest absolute Gasteiger partial charge is 0.257 e. The zero-order valence-corrected chi connectivity index (χ0v) is 14.6. The van der Waals surface area contributed by atoms with Crippen LogP contribution in [0.25, 0.3) is 0 Å². The van der Waals surface area contributed by atoms with Crippen LogP contribution in [-0.2, 0) is 0 Å². The number of carbonyl (C=O) groups is 1. The van der Waals surface area contributed by atoms with Crippen molar-refractivity contribution >= 4 is 17.7 Å². The molecule has 4 heterocycles. The van der Waals surface area contributed by atoms with Gasteiger partial charge in [-0.1, -0.05) is 6.07 Å². The summed E-state index contributed by atoms with van der Waals surface area (Å²) in [6.45, 7) is 5.27. The van der Waals surface area contributed by atoms with Crippen LogP contribution in [0.1, 0.15) is 28.3 Å². The van der Waals surface area contributed by atoms with Gasteiger partial charge in [0, 0.05) is 37.5 Å². The molecule has 0 aliphatic carbocycles. The first-order valence-electron chi connectivity index (χ1n) is 8.13. The minimum Gasteiger partial charge on any atom is -0.473 e. The number of nitrogens with zero attached hydrogens (tertiary/aromatic N) is 2. The molecule has 0 unspecified atom stereocenters. The van der Waals surface area contributed by atoms with Gasteiger partial charge in [-0.2, -0.15) is 0 Å². The number of carbonyl (C=O) groups excluding carboxylic acids is 1. The molecule has 0 N–H and O–H groups in total. The average Bonchev–Trinajstić information content (AvgIpc) is 3.10. The van der Waals surface area contributed by atoms with E-state index >= 15 is 0 Å². The molecule has 2 saturated heterocycles. The average molecular weight is 344 g/mol. The molecule has 2 fully saturated rings. The molecule has 2 aromatic heterocycles. The Hall–Kier alpha value is -1.95. The van der Waals surface area contributed by atoms with Crippen LogP contribution < -0.4 is 4.74 Å². The number of amides is 1. The van der Waals surface area contributed by atoms with Crippen LogP contribution >= 0.6 is 11.8 Å². The number of furan rings is 1. The summed E-state index contributed by atoms with van der Waals surface area (Å²) in [6, 6.07) is 7.53. The van der Waals surface area contributed by atoms with E-state index in [4.69, 9.17) is 9.15 Å². The topological polar surface area (TPSA) is 55.6 Å². The third-order valence-electron chi connectivity index (χ3n) is 4.62. The maximum atomic E-state index is 12.6. The molecular formula is C18H20N2O3S. The van der Waals surface area contributed by atoms with Gasteiger partial charge in [-0.05, 0) is 26.0 Å². The molecule has 5 nitrogen and oxygen atoms in total. The Labute approximate surface area is 145 Å². The summed E-state index contributed by atoms with van der Waals surface area (Å²) in [4.78, 5) is 18.7. The van der Waals surface area contributed by atoms with Crippen molar-refractivity contribution in [2.75, 3.05) is 18.8 Å². The van der Waals surface area contributed by atoms with E-state index in [-0.39, 0.29) is 16.8 Å². The van der Waals surface area contributed by atoms with Gasteiger partial charge in [0.1, 0.15) is 17.6 Å². The fourth-order valence-corrected chi connectivity index (χ4v) is 5.02. The summed E-state index contributed by atoms with van der Waals surface area (Å²) >= 11 is 1.91. The maximum absolute atomic E-state index is 12.6. The van der Waals surface area contributed by atoms with Crippen molar-refractivity contribution in [3.8, 4) is 5.88 Å². The highest BCUT2D eigenvalue weighted by molar-refractivity contribution is 8.01. The van der Waals surface area contributed by atoms with Crippen LogP contribution in [0.3, 0.4) is 0 Å². The number of pyridine rings is 1. The van der Waals surface area contributed by atoms with Crippen LogP contribution in [0.5, 0.6) is 5.88 Å². The molecule has 6 heteroatoms. The van der Waals surface area contributed by atoms with Gasteiger partial charge in [0.2, 0.25) is 5.88 Å². The number of rotatable bonds is 3. The van der Waals surface area contributed by atoms with Gasteiger partial charge in [0.05, 0.1) is 10.3 Å². The third kappa shape index (κ3) is 2.79. The second-order valence-corrected chi connectivity index (χ2v) is 8.08. The first kappa shape index (κ1) is 15.6. The Morgan fingerprint density at radius 3 is 2.92 bits per heavy atom. The second-order valence-electron chi connectivity index (χ2n) is 6.59. The van der Waals surface area contributed by atoms with E-state index in [1.807, 2.05) is 54.8 Å². The standard InChI is InChI=1S/C18H20N2O3S/c1-12-7-15(13(2)22-12)17(21)20-10-18(11-20)8-14(9-24-18)23-16-5-3-4-6-19-16/h3-7,14H,8-11H2,1-2H3/t14-/m1/s1. The predicted molar refractivity (Wildman–Crippen MR) is 92.5 cm³/mol. The van der Waals surface area contributed by atoms with Gasteiger partial charge in [-0.15, -0.1) is 11.8 Å². The lowest BCUT2D eigenvalue weighted by Gasteiger charge is -2.47. The molecule has 0 radical (unpaired) electrons. The molecule has 2 aromatic rings. The lowest BCUT2D eigenvalue weighted by molar-refractivity contribution is 0.0514. The summed E-state index contributed by atoms with van der Waals surface area (Å²) in [6.07, 6.45) is 2.87. The van der Waals surface area contributed by atoms with Gasteiger partial charge in [-0.25, -0.2) is 4.98 Å². The van der Waals surface area contributed by atoms with Crippen molar-refractivity contribution in [1.82, 2.24) is 9.88 Å². The summed E-state index contributed by atoms with van der Waals surface area (Å²) in [5, 5.41) is 0. The fraction of sp³-hybridized carbons (Fsp3) is 0.444. The van der Waals surface area contributed by atoms with Gasteiger partial charge in [0.15, 0.2) is 0 Å². The molecule has 4 rings (SSSR count). The summed E-state index contributed by atoms with van der Waals surface area (Å²) < 4.78 is 11.6. The van der Waals surface area contributed by atoms with E-state index in [9.17, 15) is 4.79 Å². The number of hydrogen-bond acceptors (Lipinski definition) is 5. The van der Waals surface area contributed by atoms with Crippen molar-refractivity contribution in [3.63, 3.8) is 0 Å². The van der Waals surface area contributed by atoms with E-state index in [0.717, 1.165) is 31.0 Å². The molecule has 2 aliphatic rings. The monoisotopic (exact) mass is 344 g/mol. The molecule has 0 saturated carbocycles. The Kier molecular flexibility index (Phi) is 3.79. The highest BCUT2D eigenvalue weighted by Gasteiger charge is 2.51. The van der Waals surface area contributed by atoms with Crippen LogP contribution in [0.15, 0.2) is 34.9 Å². The highest BCUT2D eigenvalue weighted by Crippen LogP contribution is 2.46. The molecule has 24 heavy (non-hydrogen) atoms. The van der Waals surface area contributed by atoms with Crippen molar-refractivity contribution in [2.24, 2.45) is 0 Å². The van der Waals surface area contributed by atoms with Crippen LogP contribution in [0, 0.1) is 13.8 Å². The van der Waals surface area contributed by atoms with Crippen molar-refractivity contribution in [2.45, 2.75) is 31.1 Å². The quantitative estimate of drug-likeness (QED) is 0.856. The first-order chi connectivity index (χ1) is 11.5. The Bertz CT molecular complexity index is 753. The Morgan fingerprint density at radius 1 is 1.42 bits per heavy atom. The normalized spacial score (nSPS) is 21.8. The van der Waals surface area contributed by atoms with E-state index < -0.39 is 0 Å². The van der Waals surface area contributed by atoms with Crippen molar-refractivity contribution < 1.29 is 13.9 Å². The molecule has 1 amide bonds.